The van der Waals surface area contributed by atoms with Crippen molar-refractivity contribution in [2.45, 2.75) is 44.4 Å². The van der Waals surface area contributed by atoms with E-state index in [9.17, 15) is 4.79 Å². The summed E-state index contributed by atoms with van der Waals surface area (Å²) < 4.78 is 0.889. The van der Waals surface area contributed by atoms with Crippen molar-refractivity contribution < 1.29 is 4.79 Å². The van der Waals surface area contributed by atoms with Gasteiger partial charge in [0.2, 0.25) is 0 Å². The molecule has 4 fully saturated rings. The summed E-state index contributed by atoms with van der Waals surface area (Å²) in [4.78, 5) is 19.9. The summed E-state index contributed by atoms with van der Waals surface area (Å²) in [6, 6.07) is 0. The Hall–Kier alpha value is 0.469. The van der Waals surface area contributed by atoms with E-state index in [-0.39, 0.29) is 0 Å². The van der Waals surface area contributed by atoms with Crippen LogP contribution in [0.15, 0.2) is 0 Å². The summed E-state index contributed by atoms with van der Waals surface area (Å²) in [5, 5.41) is 0. The molecular weight excluding hydrogens is 291 g/mol. The third-order valence-corrected chi connectivity index (χ3v) is 13.3. The van der Waals surface area contributed by atoms with Crippen molar-refractivity contribution in [2.24, 2.45) is 23.7 Å². The van der Waals surface area contributed by atoms with Crippen LogP contribution in [0.3, 0.4) is 0 Å². The predicted molar refractivity (Wildman–Crippen MR) is 64.5 cm³/mol. The number of rotatable bonds is 1. The number of carbonyl (C=O) groups is 1. The number of hydrogen-bond acceptors (Lipinski definition) is 1. The summed E-state index contributed by atoms with van der Waals surface area (Å²) in [5.41, 5.74) is 0. The quantitative estimate of drug-likeness (QED) is 0.679. The number of carbonyl (C=O) groups excluding carboxylic acids is 1. The molecule has 0 N–H and O–H groups in total. The van der Waals surface area contributed by atoms with E-state index in [1.807, 2.05) is 0 Å². The van der Waals surface area contributed by atoms with Gasteiger partial charge in [-0.15, -0.1) is 0 Å². The fourth-order valence-corrected chi connectivity index (χ4v) is 14.1. The molecule has 4 unspecified atom stereocenters. The van der Waals surface area contributed by atoms with E-state index in [4.69, 9.17) is 0 Å². The molecule has 2 heteroatoms. The van der Waals surface area contributed by atoms with E-state index in [0.717, 1.165) is 15.8 Å². The van der Waals surface area contributed by atoms with E-state index in [2.05, 4.69) is 14.8 Å². The normalized spacial score (nSPS) is 48.7. The Morgan fingerprint density at radius 2 is 1.80 bits per heavy atom. The zero-order valence-corrected chi connectivity index (χ0v) is 13.0. The van der Waals surface area contributed by atoms with Crippen LogP contribution in [0.5, 0.6) is 0 Å². The summed E-state index contributed by atoms with van der Waals surface area (Å²) >= 11 is -1.87. The Balaban J connectivity index is 1.96. The van der Waals surface area contributed by atoms with Crippen molar-refractivity contribution >= 4 is 24.2 Å². The van der Waals surface area contributed by atoms with Gasteiger partial charge in [0.15, 0.2) is 0 Å². The maximum atomic E-state index is 12.3. The third-order valence-electron chi connectivity index (χ3n) is 5.14. The van der Waals surface area contributed by atoms with Crippen LogP contribution >= 0.6 is 0 Å². The Morgan fingerprint density at radius 1 is 1.07 bits per heavy atom. The summed E-state index contributed by atoms with van der Waals surface area (Å²) in [5.74, 6) is 3.59. The molecule has 84 valence electrons. The van der Waals surface area contributed by atoms with Crippen LogP contribution < -0.4 is 0 Å². The first kappa shape index (κ1) is 10.6. The monoisotopic (exact) mass is 314 g/mol. The van der Waals surface area contributed by atoms with Crippen molar-refractivity contribution in [3.05, 3.63) is 0 Å². The molecule has 0 aromatic carbocycles. The van der Waals surface area contributed by atoms with Crippen LogP contribution in [-0.2, 0) is 4.79 Å². The molecule has 1 nitrogen and oxygen atoms in total. The molecule has 4 saturated carbocycles. The van der Waals surface area contributed by atoms with Crippen molar-refractivity contribution in [2.75, 3.05) is 0 Å². The van der Waals surface area contributed by atoms with Gasteiger partial charge in [0.25, 0.3) is 0 Å². The average molecular weight is 313 g/mol. The second-order valence-corrected chi connectivity index (χ2v) is 22.6. The fraction of sp³-hybridized carbons (Fsp3) is 0.923. The molecule has 0 heterocycles. The van der Waals surface area contributed by atoms with Crippen LogP contribution in [0.2, 0.25) is 18.8 Å². The predicted octanol–water partition coefficient (Wildman–Crippen LogP) is 3.33. The van der Waals surface area contributed by atoms with Crippen molar-refractivity contribution in [1.29, 1.82) is 0 Å². The second kappa shape index (κ2) is 3.24. The van der Waals surface area contributed by atoms with Gasteiger partial charge < -0.3 is 0 Å². The Bertz CT molecular complexity index is 304. The first-order valence-electron chi connectivity index (χ1n) is 6.50. The summed E-state index contributed by atoms with van der Waals surface area (Å²) in [7, 11) is 0. The first-order chi connectivity index (χ1) is 6.97. The third kappa shape index (κ3) is 1.52. The Labute approximate surface area is 96.9 Å². The molecule has 0 spiro atoms. The number of Topliss-reactive ketones (excluding diaryl/α,β-unsaturated/α-hetero) is 1. The van der Waals surface area contributed by atoms with E-state index in [1.54, 1.807) is 0 Å². The van der Waals surface area contributed by atoms with Crippen molar-refractivity contribution in [3.63, 3.8) is 0 Å². The number of ketones is 1. The summed E-state index contributed by atoms with van der Waals surface area (Å²) in [6.07, 6.45) is 5.26. The van der Waals surface area contributed by atoms with Gasteiger partial charge >= 0.3 is 97.1 Å². The molecule has 0 aromatic heterocycles. The molecule has 0 amide bonds. The molecule has 0 aromatic rings. The molecule has 4 aliphatic rings. The maximum absolute atomic E-state index is 12.3. The van der Waals surface area contributed by atoms with Gasteiger partial charge in [0, 0.05) is 0 Å². The molecule has 0 aliphatic heterocycles. The van der Waals surface area contributed by atoms with Crippen molar-refractivity contribution in [3.8, 4) is 0 Å². The molecule has 4 rings (SSSR count). The minimum absolute atomic E-state index is 0.498. The van der Waals surface area contributed by atoms with Gasteiger partial charge in [0.05, 0.1) is 0 Å². The van der Waals surface area contributed by atoms with E-state index in [0.29, 0.717) is 17.6 Å². The van der Waals surface area contributed by atoms with Crippen LogP contribution in [0.4, 0.5) is 0 Å². The van der Waals surface area contributed by atoms with Gasteiger partial charge in [-0.25, -0.2) is 0 Å². The fourth-order valence-electron chi connectivity index (χ4n) is 4.94. The Morgan fingerprint density at radius 3 is 2.47 bits per heavy atom. The molecule has 4 aliphatic carbocycles. The second-order valence-electron chi connectivity index (χ2n) is 7.17. The minimum atomic E-state index is -1.87. The average Bonchev–Trinajstić information content (AvgIpc) is 2.10. The van der Waals surface area contributed by atoms with E-state index < -0.39 is 18.4 Å². The van der Waals surface area contributed by atoms with E-state index in [1.165, 1.54) is 25.7 Å². The zero-order valence-electron chi connectivity index (χ0n) is 10.1. The van der Waals surface area contributed by atoms with E-state index >= 15 is 0 Å². The van der Waals surface area contributed by atoms with Gasteiger partial charge in [-0.1, -0.05) is 0 Å². The molecule has 15 heavy (non-hydrogen) atoms. The summed E-state index contributed by atoms with van der Waals surface area (Å²) in [6.45, 7) is 0. The zero-order chi connectivity index (χ0) is 10.8. The molecule has 5 atom stereocenters. The first-order valence-corrected chi connectivity index (χ1v) is 16.7. The molecular formula is C13H22OSn. The van der Waals surface area contributed by atoms with Gasteiger partial charge in [-0.05, 0) is 0 Å². The molecule has 0 radical (unpaired) electrons. The van der Waals surface area contributed by atoms with Crippen LogP contribution in [0.25, 0.3) is 0 Å². The van der Waals surface area contributed by atoms with Crippen LogP contribution in [0, 0.1) is 23.7 Å². The van der Waals surface area contributed by atoms with Crippen molar-refractivity contribution in [1.82, 2.24) is 0 Å². The van der Waals surface area contributed by atoms with Gasteiger partial charge in [-0.2, -0.15) is 0 Å². The molecule has 4 bridgehead atoms. The van der Waals surface area contributed by atoms with Crippen LogP contribution in [0.1, 0.15) is 25.7 Å². The standard InChI is InChI=1S/C10H13O.3CH3.Sn/c11-10-8-2-6-1-7(4-8)5-9(10)3-6;;;;/h2,6-9H,1,3-5H2;3*1H3;. The topological polar surface area (TPSA) is 17.1 Å². The van der Waals surface area contributed by atoms with Gasteiger partial charge in [-0.3, -0.25) is 0 Å². The van der Waals surface area contributed by atoms with Gasteiger partial charge in [0.1, 0.15) is 0 Å². The molecule has 0 saturated heterocycles. The van der Waals surface area contributed by atoms with Crippen LogP contribution in [-0.4, -0.2) is 24.2 Å². The Kier molecular flexibility index (Phi) is 2.29. The SMILES string of the molecule is [CH3][Sn]([CH3])([CH3])[C@@H]1C2CC3CC(C2)C(=O)C1C3. The number of hydrogen-bond donors (Lipinski definition) is 0.